The Hall–Kier alpha value is -2.28. The number of rotatable bonds is 4. The van der Waals surface area contributed by atoms with Crippen molar-refractivity contribution in [2.24, 2.45) is 0 Å². The third-order valence-corrected chi connectivity index (χ3v) is 2.17. The highest BCUT2D eigenvalue weighted by Gasteiger charge is 2.08. The highest BCUT2D eigenvalue weighted by Crippen LogP contribution is 2.08. The van der Waals surface area contributed by atoms with Crippen LogP contribution in [0.1, 0.15) is 22.8 Å². The van der Waals surface area contributed by atoms with Crippen molar-refractivity contribution >= 4 is 11.9 Å². The number of carbonyl (C=O) groups is 2. The fourth-order valence-corrected chi connectivity index (χ4v) is 1.42. The maximum atomic E-state index is 11.1. The smallest absolute Gasteiger partial charge is 0.335 e. The Labute approximate surface area is 99.7 Å². The minimum Gasteiger partial charge on any atom is -0.478 e. The van der Waals surface area contributed by atoms with Crippen LogP contribution < -0.4 is 5.32 Å². The van der Waals surface area contributed by atoms with Gasteiger partial charge in [0, 0.05) is 6.54 Å². The Balaban J connectivity index is 2.60. The summed E-state index contributed by atoms with van der Waals surface area (Å²) in [6, 6.07) is 6.73. The van der Waals surface area contributed by atoms with Crippen LogP contribution in [-0.4, -0.2) is 23.5 Å². The third-order valence-electron chi connectivity index (χ3n) is 2.17. The highest BCUT2D eigenvalue weighted by molar-refractivity contribution is 5.93. The molecule has 0 spiro atoms. The summed E-state index contributed by atoms with van der Waals surface area (Å²) >= 11 is 0. The molecule has 0 radical (unpaired) electrons. The van der Waals surface area contributed by atoms with Gasteiger partial charge in [-0.1, -0.05) is 24.1 Å². The first kappa shape index (κ1) is 12.8. The summed E-state index contributed by atoms with van der Waals surface area (Å²) in [4.78, 5) is 22.0. The zero-order valence-corrected chi connectivity index (χ0v) is 9.49. The molecule has 88 valence electrons. The van der Waals surface area contributed by atoms with Gasteiger partial charge in [0.05, 0.1) is 5.56 Å². The normalized spacial score (nSPS) is 9.00. The van der Waals surface area contributed by atoms with Gasteiger partial charge in [-0.05, 0) is 30.9 Å². The van der Waals surface area contributed by atoms with Crippen LogP contribution in [0.2, 0.25) is 0 Å². The van der Waals surface area contributed by atoms with Gasteiger partial charge < -0.3 is 10.4 Å². The molecular weight excluding hydrogens is 218 g/mol. The fraction of sp³-hybridized carbons (Fsp3) is 0.231. The predicted molar refractivity (Wildman–Crippen MR) is 63.6 cm³/mol. The number of hydrogen-bond donors (Lipinski definition) is 2. The van der Waals surface area contributed by atoms with E-state index in [4.69, 9.17) is 5.11 Å². The van der Waals surface area contributed by atoms with Crippen molar-refractivity contribution < 1.29 is 14.7 Å². The molecule has 4 heteroatoms. The Bertz CT molecular complexity index is 483. The number of carbonyl (C=O) groups excluding carboxylic acids is 1. The Morgan fingerprint density at radius 2 is 2.06 bits per heavy atom. The van der Waals surface area contributed by atoms with Gasteiger partial charge in [-0.3, -0.25) is 4.79 Å². The molecule has 0 fully saturated rings. The van der Waals surface area contributed by atoms with Crippen molar-refractivity contribution in [1.82, 2.24) is 5.32 Å². The monoisotopic (exact) mass is 231 g/mol. The van der Waals surface area contributed by atoms with Gasteiger partial charge in [0.1, 0.15) is 0 Å². The predicted octanol–water partition coefficient (Wildman–Crippen LogP) is 1.07. The molecule has 0 saturated carbocycles. The first-order valence-electron chi connectivity index (χ1n) is 5.17. The number of carboxylic acid groups (broad SMARTS) is 1. The van der Waals surface area contributed by atoms with Gasteiger partial charge in [-0.15, -0.1) is 0 Å². The van der Waals surface area contributed by atoms with Crippen molar-refractivity contribution in [2.75, 3.05) is 6.54 Å². The number of carboxylic acids is 1. The zero-order valence-electron chi connectivity index (χ0n) is 9.49. The zero-order chi connectivity index (χ0) is 12.7. The summed E-state index contributed by atoms with van der Waals surface area (Å²) in [7, 11) is 0. The van der Waals surface area contributed by atoms with Gasteiger partial charge in [0.15, 0.2) is 0 Å². The van der Waals surface area contributed by atoms with Crippen LogP contribution >= 0.6 is 0 Å². The SMILES string of the molecule is CC#CC(=O)NCCc1ccccc1C(=O)O. The molecule has 1 amide bonds. The number of aromatic carboxylic acids is 1. The van der Waals surface area contributed by atoms with Crippen LogP contribution in [0.4, 0.5) is 0 Å². The van der Waals surface area contributed by atoms with E-state index in [-0.39, 0.29) is 11.5 Å². The van der Waals surface area contributed by atoms with Crippen molar-refractivity contribution in [3.63, 3.8) is 0 Å². The standard InChI is InChI=1S/C13H13NO3/c1-2-5-12(15)14-9-8-10-6-3-4-7-11(10)13(16)17/h3-4,6-7H,8-9H2,1H3,(H,14,15)(H,16,17). The maximum absolute atomic E-state index is 11.1. The molecule has 0 aromatic heterocycles. The quantitative estimate of drug-likeness (QED) is 0.762. The van der Waals surface area contributed by atoms with E-state index in [1.165, 1.54) is 0 Å². The van der Waals surface area contributed by atoms with E-state index in [0.717, 1.165) is 0 Å². The molecule has 1 aromatic carbocycles. The molecule has 4 nitrogen and oxygen atoms in total. The molecule has 0 bridgehead atoms. The molecular formula is C13H13NO3. The fourth-order valence-electron chi connectivity index (χ4n) is 1.42. The van der Waals surface area contributed by atoms with E-state index in [9.17, 15) is 9.59 Å². The van der Waals surface area contributed by atoms with Crippen LogP contribution in [0.5, 0.6) is 0 Å². The first-order chi connectivity index (χ1) is 8.15. The first-order valence-corrected chi connectivity index (χ1v) is 5.17. The number of benzene rings is 1. The summed E-state index contributed by atoms with van der Waals surface area (Å²) in [5.74, 6) is 3.54. The molecule has 0 unspecified atom stereocenters. The van der Waals surface area contributed by atoms with E-state index < -0.39 is 5.97 Å². The second-order valence-corrected chi connectivity index (χ2v) is 3.34. The van der Waals surface area contributed by atoms with Crippen LogP contribution in [0, 0.1) is 11.8 Å². The lowest BCUT2D eigenvalue weighted by molar-refractivity contribution is -0.115. The molecule has 0 aliphatic rings. The van der Waals surface area contributed by atoms with Gasteiger partial charge in [-0.2, -0.15) is 0 Å². The number of nitrogens with one attached hydrogen (secondary N) is 1. The third kappa shape index (κ3) is 3.99. The van der Waals surface area contributed by atoms with E-state index in [1.807, 2.05) is 0 Å². The number of hydrogen-bond acceptors (Lipinski definition) is 2. The summed E-state index contributed by atoms with van der Waals surface area (Å²) in [6.07, 6.45) is 0.472. The topological polar surface area (TPSA) is 66.4 Å². The second-order valence-electron chi connectivity index (χ2n) is 3.34. The van der Waals surface area contributed by atoms with Crippen LogP contribution in [0.15, 0.2) is 24.3 Å². The van der Waals surface area contributed by atoms with Crippen LogP contribution in [0.3, 0.4) is 0 Å². The lowest BCUT2D eigenvalue weighted by atomic mass is 10.0. The molecule has 2 N–H and O–H groups in total. The summed E-state index contributed by atoms with van der Waals surface area (Å²) in [6.45, 7) is 1.96. The van der Waals surface area contributed by atoms with Crippen LogP contribution in [-0.2, 0) is 11.2 Å². The minimum atomic E-state index is -0.958. The van der Waals surface area contributed by atoms with Gasteiger partial charge in [0.25, 0.3) is 5.91 Å². The van der Waals surface area contributed by atoms with Crippen molar-refractivity contribution in [1.29, 1.82) is 0 Å². The second kappa shape index (κ2) is 6.33. The molecule has 0 saturated heterocycles. The largest absolute Gasteiger partial charge is 0.478 e. The average Bonchev–Trinajstić information content (AvgIpc) is 2.30. The van der Waals surface area contributed by atoms with E-state index in [2.05, 4.69) is 17.2 Å². The summed E-state index contributed by atoms with van der Waals surface area (Å²) < 4.78 is 0. The van der Waals surface area contributed by atoms with Crippen molar-refractivity contribution in [2.45, 2.75) is 13.3 Å². The molecule has 1 aromatic rings. The average molecular weight is 231 g/mol. The van der Waals surface area contributed by atoms with Gasteiger partial charge in [0.2, 0.25) is 0 Å². The molecule has 0 heterocycles. The Morgan fingerprint density at radius 3 is 2.71 bits per heavy atom. The van der Waals surface area contributed by atoms with Crippen molar-refractivity contribution in [3.05, 3.63) is 35.4 Å². The van der Waals surface area contributed by atoms with E-state index >= 15 is 0 Å². The van der Waals surface area contributed by atoms with E-state index in [0.29, 0.717) is 18.5 Å². The molecule has 17 heavy (non-hydrogen) atoms. The van der Waals surface area contributed by atoms with Crippen LogP contribution in [0.25, 0.3) is 0 Å². The molecule has 1 rings (SSSR count). The van der Waals surface area contributed by atoms with E-state index in [1.54, 1.807) is 31.2 Å². The summed E-state index contributed by atoms with van der Waals surface area (Å²) in [5.41, 5.74) is 0.966. The van der Waals surface area contributed by atoms with Gasteiger partial charge >= 0.3 is 5.97 Å². The van der Waals surface area contributed by atoms with Crippen molar-refractivity contribution in [3.8, 4) is 11.8 Å². The maximum Gasteiger partial charge on any atom is 0.335 e. The lowest BCUT2D eigenvalue weighted by Crippen LogP contribution is -2.24. The Kier molecular flexibility index (Phi) is 4.77. The summed E-state index contributed by atoms with van der Waals surface area (Å²) in [5, 5.41) is 11.5. The Morgan fingerprint density at radius 1 is 1.35 bits per heavy atom. The minimum absolute atomic E-state index is 0.267. The van der Waals surface area contributed by atoms with Gasteiger partial charge in [-0.25, -0.2) is 4.79 Å². The molecule has 0 aliphatic heterocycles. The molecule has 0 aliphatic carbocycles. The molecule has 0 atom stereocenters. The highest BCUT2D eigenvalue weighted by atomic mass is 16.4. The number of amides is 1. The lowest BCUT2D eigenvalue weighted by Gasteiger charge is -2.05.